The quantitative estimate of drug-likeness (QED) is 0.847. The van der Waals surface area contributed by atoms with Gasteiger partial charge >= 0.3 is 0 Å². The van der Waals surface area contributed by atoms with Crippen LogP contribution in [0.5, 0.6) is 5.75 Å². The Bertz CT molecular complexity index is 454. The first-order chi connectivity index (χ1) is 10.0. The van der Waals surface area contributed by atoms with Crippen molar-refractivity contribution in [3.8, 4) is 5.75 Å². The minimum absolute atomic E-state index is 0.179. The fourth-order valence-electron chi connectivity index (χ4n) is 2.63. The molecule has 1 aromatic carbocycles. The number of hydrogen-bond donors (Lipinski definition) is 1. The number of nitrogens with one attached hydrogen (secondary N) is 1. The van der Waals surface area contributed by atoms with Gasteiger partial charge in [0.1, 0.15) is 11.6 Å². The van der Waals surface area contributed by atoms with Gasteiger partial charge in [-0.1, -0.05) is 0 Å². The van der Waals surface area contributed by atoms with E-state index < -0.39 is 0 Å². The molecule has 0 spiro atoms. The van der Waals surface area contributed by atoms with Gasteiger partial charge in [0.2, 0.25) is 5.91 Å². The zero-order chi connectivity index (χ0) is 15.2. The molecule has 2 atom stereocenters. The summed E-state index contributed by atoms with van der Waals surface area (Å²) >= 11 is 0. The predicted molar refractivity (Wildman–Crippen MR) is 79.8 cm³/mol. The van der Waals surface area contributed by atoms with Gasteiger partial charge < -0.3 is 15.0 Å². The van der Waals surface area contributed by atoms with Crippen molar-refractivity contribution in [2.75, 3.05) is 19.7 Å². The van der Waals surface area contributed by atoms with Crippen LogP contribution in [0.2, 0.25) is 0 Å². The summed E-state index contributed by atoms with van der Waals surface area (Å²) in [5.41, 5.74) is 0. The minimum Gasteiger partial charge on any atom is -0.494 e. The molecule has 1 amide bonds. The second-order valence-corrected chi connectivity index (χ2v) is 5.67. The summed E-state index contributed by atoms with van der Waals surface area (Å²) < 4.78 is 18.2. The van der Waals surface area contributed by atoms with Crippen LogP contribution in [-0.2, 0) is 4.79 Å². The highest BCUT2D eigenvalue weighted by Gasteiger charge is 2.24. The third kappa shape index (κ3) is 5.01. The Morgan fingerprint density at radius 1 is 1.29 bits per heavy atom. The molecule has 21 heavy (non-hydrogen) atoms. The first kappa shape index (κ1) is 15.8. The molecular weight excluding hydrogens is 271 g/mol. The molecule has 116 valence electrons. The van der Waals surface area contributed by atoms with Crippen LogP contribution in [0.4, 0.5) is 4.39 Å². The highest BCUT2D eigenvalue weighted by Crippen LogP contribution is 2.12. The van der Waals surface area contributed by atoms with Crippen LogP contribution >= 0.6 is 0 Å². The number of halogens is 1. The number of nitrogens with zero attached hydrogens (tertiary/aromatic N) is 1. The highest BCUT2D eigenvalue weighted by atomic mass is 19.1. The van der Waals surface area contributed by atoms with Crippen molar-refractivity contribution in [3.63, 3.8) is 0 Å². The van der Waals surface area contributed by atoms with Crippen LogP contribution in [0, 0.1) is 5.82 Å². The molecule has 1 aliphatic rings. The summed E-state index contributed by atoms with van der Waals surface area (Å²) in [6.45, 7) is 6.18. The smallest absolute Gasteiger partial charge is 0.222 e. The van der Waals surface area contributed by atoms with E-state index in [2.05, 4.69) is 19.2 Å². The van der Waals surface area contributed by atoms with E-state index in [1.54, 1.807) is 12.1 Å². The van der Waals surface area contributed by atoms with Crippen LogP contribution < -0.4 is 10.1 Å². The lowest BCUT2D eigenvalue weighted by Gasteiger charge is -2.36. The Morgan fingerprint density at radius 2 is 1.90 bits per heavy atom. The van der Waals surface area contributed by atoms with Gasteiger partial charge in [-0.05, 0) is 44.5 Å². The molecule has 5 heteroatoms. The lowest BCUT2D eigenvalue weighted by molar-refractivity contribution is -0.133. The third-order valence-corrected chi connectivity index (χ3v) is 3.53. The molecular formula is C16H23FN2O2. The first-order valence-corrected chi connectivity index (χ1v) is 7.47. The molecule has 4 nitrogen and oxygen atoms in total. The number of carbonyl (C=O) groups excluding carboxylic acids is 1. The molecule has 2 unspecified atom stereocenters. The van der Waals surface area contributed by atoms with E-state index in [4.69, 9.17) is 4.74 Å². The van der Waals surface area contributed by atoms with Crippen molar-refractivity contribution in [1.29, 1.82) is 0 Å². The molecule has 1 aliphatic heterocycles. The normalized spacial score (nSPS) is 22.1. The molecule has 1 heterocycles. The van der Waals surface area contributed by atoms with Crippen molar-refractivity contribution < 1.29 is 13.9 Å². The summed E-state index contributed by atoms with van der Waals surface area (Å²) in [4.78, 5) is 14.1. The van der Waals surface area contributed by atoms with Gasteiger partial charge in [-0.25, -0.2) is 4.39 Å². The maximum atomic E-state index is 12.7. The summed E-state index contributed by atoms with van der Waals surface area (Å²) in [6.07, 6.45) is 1.16. The molecule has 1 N–H and O–H groups in total. The number of benzene rings is 1. The SMILES string of the molecule is CC1CN(C(=O)CCCOc2ccc(F)cc2)CC(C)N1. The standard InChI is InChI=1S/C16H23FN2O2/c1-12-10-19(11-13(2)18-12)16(20)4-3-9-21-15-7-5-14(17)6-8-15/h5-8,12-13,18H,3-4,9-11H2,1-2H3. The second kappa shape index (κ2) is 7.41. The van der Waals surface area contributed by atoms with E-state index in [9.17, 15) is 9.18 Å². The fourth-order valence-corrected chi connectivity index (χ4v) is 2.63. The Balaban J connectivity index is 1.68. The topological polar surface area (TPSA) is 41.6 Å². The summed E-state index contributed by atoms with van der Waals surface area (Å²) in [5.74, 6) is 0.533. The number of carbonyl (C=O) groups is 1. The zero-order valence-corrected chi connectivity index (χ0v) is 12.6. The minimum atomic E-state index is -0.278. The molecule has 1 fully saturated rings. The monoisotopic (exact) mass is 294 g/mol. The van der Waals surface area contributed by atoms with Gasteiger partial charge in [0.15, 0.2) is 0 Å². The molecule has 0 saturated carbocycles. The van der Waals surface area contributed by atoms with Crippen molar-refractivity contribution in [3.05, 3.63) is 30.1 Å². The average molecular weight is 294 g/mol. The first-order valence-electron chi connectivity index (χ1n) is 7.47. The van der Waals surface area contributed by atoms with Crippen LogP contribution in [0.1, 0.15) is 26.7 Å². The molecule has 0 aliphatic carbocycles. The Morgan fingerprint density at radius 3 is 2.52 bits per heavy atom. The number of amides is 1. The predicted octanol–water partition coefficient (Wildman–Crippen LogP) is 2.19. The summed E-state index contributed by atoms with van der Waals surface area (Å²) in [7, 11) is 0. The second-order valence-electron chi connectivity index (χ2n) is 5.67. The van der Waals surface area contributed by atoms with Crippen LogP contribution in [0.15, 0.2) is 24.3 Å². The maximum Gasteiger partial charge on any atom is 0.222 e. The van der Waals surface area contributed by atoms with Gasteiger partial charge in [-0.2, -0.15) is 0 Å². The molecule has 0 radical (unpaired) electrons. The maximum absolute atomic E-state index is 12.7. The number of piperazine rings is 1. The van der Waals surface area contributed by atoms with Gasteiger partial charge in [-0.15, -0.1) is 0 Å². The third-order valence-electron chi connectivity index (χ3n) is 3.53. The van der Waals surface area contributed by atoms with Crippen molar-refractivity contribution in [1.82, 2.24) is 10.2 Å². The summed E-state index contributed by atoms with van der Waals surface area (Å²) in [6, 6.07) is 6.60. The van der Waals surface area contributed by atoms with E-state index in [0.717, 1.165) is 13.1 Å². The van der Waals surface area contributed by atoms with Crippen molar-refractivity contribution >= 4 is 5.91 Å². The summed E-state index contributed by atoms with van der Waals surface area (Å²) in [5, 5.41) is 3.41. The Labute approximate surface area is 125 Å². The molecule has 1 saturated heterocycles. The van der Waals surface area contributed by atoms with Crippen LogP contribution in [-0.4, -0.2) is 42.6 Å². The van der Waals surface area contributed by atoms with E-state index in [0.29, 0.717) is 37.3 Å². The van der Waals surface area contributed by atoms with Gasteiger partial charge in [0.05, 0.1) is 6.61 Å². The lowest BCUT2D eigenvalue weighted by atomic mass is 10.1. The fraction of sp³-hybridized carbons (Fsp3) is 0.562. The van der Waals surface area contributed by atoms with E-state index >= 15 is 0 Å². The van der Waals surface area contributed by atoms with E-state index in [1.807, 2.05) is 4.90 Å². The van der Waals surface area contributed by atoms with E-state index in [-0.39, 0.29) is 11.7 Å². The largest absolute Gasteiger partial charge is 0.494 e. The number of ether oxygens (including phenoxy) is 1. The molecule has 0 aromatic heterocycles. The van der Waals surface area contributed by atoms with Crippen LogP contribution in [0.3, 0.4) is 0 Å². The molecule has 0 bridgehead atoms. The van der Waals surface area contributed by atoms with Gasteiger partial charge in [0.25, 0.3) is 0 Å². The van der Waals surface area contributed by atoms with Crippen molar-refractivity contribution in [2.24, 2.45) is 0 Å². The van der Waals surface area contributed by atoms with E-state index in [1.165, 1.54) is 12.1 Å². The molecule has 2 rings (SSSR count). The zero-order valence-electron chi connectivity index (χ0n) is 12.6. The van der Waals surface area contributed by atoms with Crippen LogP contribution in [0.25, 0.3) is 0 Å². The molecule has 1 aromatic rings. The Hall–Kier alpha value is -1.62. The van der Waals surface area contributed by atoms with Gasteiger partial charge in [-0.3, -0.25) is 4.79 Å². The highest BCUT2D eigenvalue weighted by molar-refractivity contribution is 5.76. The number of hydrogen-bond acceptors (Lipinski definition) is 3. The average Bonchev–Trinajstić information content (AvgIpc) is 2.44. The van der Waals surface area contributed by atoms with Crippen molar-refractivity contribution in [2.45, 2.75) is 38.8 Å². The van der Waals surface area contributed by atoms with Gasteiger partial charge in [0, 0.05) is 31.6 Å². The number of rotatable bonds is 5. The lowest BCUT2D eigenvalue weighted by Crippen LogP contribution is -2.55. The Kier molecular flexibility index (Phi) is 5.56.